The van der Waals surface area contributed by atoms with Crippen molar-refractivity contribution in [2.45, 2.75) is 110 Å². The monoisotopic (exact) mass is 429 g/mol. The summed E-state index contributed by atoms with van der Waals surface area (Å²) in [5.41, 5.74) is 2.77. The number of unbranched alkanes of at least 4 members (excludes halogenated alkanes) is 8. The molecule has 1 atom stereocenters. The Bertz CT molecular complexity index is 445. The average molecular weight is 430 g/mol. The maximum atomic E-state index is 10.7. The zero-order chi connectivity index (χ0) is 23.3. The van der Waals surface area contributed by atoms with Gasteiger partial charge in [0.1, 0.15) is 0 Å². The normalized spacial score (nSPS) is 12.3. The minimum atomic E-state index is -0.689. The first kappa shape index (κ1) is 30.8. The molecule has 0 aromatic rings. The second-order valence-corrected chi connectivity index (χ2v) is 8.81. The van der Waals surface area contributed by atoms with Crippen molar-refractivity contribution < 1.29 is 24.4 Å². The van der Waals surface area contributed by atoms with Crippen LogP contribution >= 0.6 is 0 Å². The first-order chi connectivity index (χ1) is 14.1. The summed E-state index contributed by atoms with van der Waals surface area (Å²) in [7, 11) is 5.73. The Hall–Kier alpha value is -1.40. The number of nitrogens with one attached hydrogen (secondary N) is 1. The highest BCUT2D eigenvalue weighted by molar-refractivity contribution is 5.74. The van der Waals surface area contributed by atoms with Gasteiger partial charge in [-0.1, -0.05) is 70.9 Å². The Labute approximate surface area is 185 Å². The number of allylic oxidation sites excluding steroid dienone is 1. The van der Waals surface area contributed by atoms with Gasteiger partial charge in [0, 0.05) is 12.8 Å². The van der Waals surface area contributed by atoms with Gasteiger partial charge < -0.3 is 10.2 Å². The van der Waals surface area contributed by atoms with Crippen LogP contribution in [0.3, 0.4) is 0 Å². The maximum Gasteiger partial charge on any atom is 0.303 e. The summed E-state index contributed by atoms with van der Waals surface area (Å²) in [5, 5.41) is 18.3. The number of hydrogen-bond donors (Lipinski definition) is 3. The van der Waals surface area contributed by atoms with E-state index in [1.54, 1.807) is 0 Å². The fourth-order valence-electron chi connectivity index (χ4n) is 2.82. The summed E-state index contributed by atoms with van der Waals surface area (Å²) in [6, 6.07) is 0. The van der Waals surface area contributed by atoms with Crippen molar-refractivity contribution in [2.75, 3.05) is 21.1 Å². The second-order valence-electron chi connectivity index (χ2n) is 8.81. The third-order valence-corrected chi connectivity index (χ3v) is 4.51. The second kappa shape index (κ2) is 20.9. The van der Waals surface area contributed by atoms with Gasteiger partial charge in [-0.2, -0.15) is 0 Å². The maximum absolute atomic E-state index is 10.7. The Morgan fingerprint density at radius 3 is 2.03 bits per heavy atom. The smallest absolute Gasteiger partial charge is 0.303 e. The van der Waals surface area contributed by atoms with Crippen LogP contribution in [-0.2, 0) is 9.59 Å². The number of carboxylic acid groups (broad SMARTS) is 1. The number of rotatable bonds is 17. The molecule has 0 bridgehead atoms. The lowest BCUT2D eigenvalue weighted by Crippen LogP contribution is -2.50. The number of carbonyl (C=O) groups is 2. The largest absolute Gasteiger partial charge is 0.481 e. The molecule has 0 saturated carbocycles. The molecular weight excluding hydrogens is 380 g/mol. The van der Waals surface area contributed by atoms with E-state index in [-0.39, 0.29) is 12.0 Å². The fraction of sp³-hybridized carbons (Fsp3) is 0.833. The molecule has 0 aromatic carbocycles. The van der Waals surface area contributed by atoms with Crippen LogP contribution < -0.4 is 5.43 Å². The van der Waals surface area contributed by atoms with Crippen molar-refractivity contribution in [3.8, 4) is 0 Å². The quantitative estimate of drug-likeness (QED) is 0.128. The van der Waals surface area contributed by atoms with Gasteiger partial charge in [-0.15, -0.1) is 0 Å². The number of amides is 1. The molecule has 0 saturated heterocycles. The van der Waals surface area contributed by atoms with Gasteiger partial charge in [0.25, 0.3) is 5.91 Å². The van der Waals surface area contributed by atoms with E-state index in [0.29, 0.717) is 17.4 Å². The highest BCUT2D eigenvalue weighted by Crippen LogP contribution is 2.10. The predicted octanol–water partition coefficient (Wildman–Crippen LogP) is 5.21. The van der Waals surface area contributed by atoms with E-state index in [1.807, 2.05) is 28.1 Å². The highest BCUT2D eigenvalue weighted by Gasteiger charge is 2.09. The number of aliphatic hydroxyl groups is 1. The Morgan fingerprint density at radius 2 is 1.50 bits per heavy atom. The first-order valence-corrected chi connectivity index (χ1v) is 11.8. The topological polar surface area (TPSA) is 86.6 Å². The summed E-state index contributed by atoms with van der Waals surface area (Å²) < 4.78 is 0.493. The van der Waals surface area contributed by atoms with E-state index >= 15 is 0 Å². The van der Waals surface area contributed by atoms with Crippen LogP contribution in [0.1, 0.15) is 104 Å². The molecule has 0 aliphatic carbocycles. The highest BCUT2D eigenvalue weighted by atomic mass is 16.4. The first-order valence-electron chi connectivity index (χ1n) is 11.8. The summed E-state index contributed by atoms with van der Waals surface area (Å²) >= 11 is 0. The third-order valence-electron chi connectivity index (χ3n) is 4.51. The summed E-state index contributed by atoms with van der Waals surface area (Å²) in [4.78, 5) is 21.0. The van der Waals surface area contributed by atoms with Crippen LogP contribution in [0, 0.1) is 0 Å². The lowest BCUT2D eigenvalue weighted by Gasteiger charge is -2.22. The molecule has 0 spiro atoms. The van der Waals surface area contributed by atoms with Crippen LogP contribution in [0.4, 0.5) is 0 Å². The minimum Gasteiger partial charge on any atom is -0.481 e. The molecule has 0 heterocycles. The lowest BCUT2D eigenvalue weighted by molar-refractivity contribution is -0.906. The molecule has 0 aliphatic rings. The molecule has 1 amide bonds. The van der Waals surface area contributed by atoms with Crippen LogP contribution in [0.25, 0.3) is 0 Å². The van der Waals surface area contributed by atoms with Gasteiger partial charge in [-0.3, -0.25) is 9.59 Å². The summed E-state index contributed by atoms with van der Waals surface area (Å²) in [6.45, 7) is 4.04. The number of nitrogens with zero attached hydrogens (tertiary/aromatic N) is 1. The number of hydrogen-bond acceptors (Lipinski definition) is 3. The van der Waals surface area contributed by atoms with E-state index in [2.05, 4.69) is 24.5 Å². The third kappa shape index (κ3) is 28.8. The SMILES string of the molecule is CCC(=O)N[N+](C)(C)C.CCCCCC[C@@H](O)C/C=C\CCCCCCCC(=O)O. The van der Waals surface area contributed by atoms with Crippen LogP contribution in [0.2, 0.25) is 0 Å². The number of carboxylic acids is 1. The minimum absolute atomic E-state index is 0.0856. The fourth-order valence-corrected chi connectivity index (χ4v) is 2.82. The van der Waals surface area contributed by atoms with Gasteiger partial charge >= 0.3 is 5.97 Å². The Morgan fingerprint density at radius 1 is 0.900 bits per heavy atom. The van der Waals surface area contributed by atoms with Gasteiger partial charge in [0.15, 0.2) is 0 Å². The van der Waals surface area contributed by atoms with Gasteiger partial charge in [0.2, 0.25) is 0 Å². The predicted molar refractivity (Wildman–Crippen MR) is 125 cm³/mol. The van der Waals surface area contributed by atoms with E-state index in [4.69, 9.17) is 5.11 Å². The number of carbonyl (C=O) groups excluding carboxylic acids is 1. The Balaban J connectivity index is 0. The number of aliphatic carboxylic acids is 1. The van der Waals surface area contributed by atoms with Crippen molar-refractivity contribution in [3.63, 3.8) is 0 Å². The van der Waals surface area contributed by atoms with Crippen molar-refractivity contribution in [1.29, 1.82) is 0 Å². The van der Waals surface area contributed by atoms with Crippen molar-refractivity contribution >= 4 is 11.9 Å². The lowest BCUT2D eigenvalue weighted by atomic mass is 10.1. The molecule has 0 rings (SSSR count). The number of aliphatic hydroxyl groups excluding tert-OH is 1. The summed E-state index contributed by atoms with van der Waals surface area (Å²) in [6.07, 6.45) is 17.9. The molecule has 0 fully saturated rings. The van der Waals surface area contributed by atoms with Crippen LogP contribution in [0.15, 0.2) is 12.2 Å². The van der Waals surface area contributed by atoms with Crippen molar-refractivity contribution in [3.05, 3.63) is 12.2 Å². The van der Waals surface area contributed by atoms with Crippen molar-refractivity contribution in [2.24, 2.45) is 0 Å². The molecule has 6 nitrogen and oxygen atoms in total. The number of quaternary nitrogens is 1. The molecule has 0 aromatic heterocycles. The molecule has 0 radical (unpaired) electrons. The molecule has 0 aliphatic heterocycles. The van der Waals surface area contributed by atoms with Crippen LogP contribution in [-0.4, -0.2) is 53.9 Å². The van der Waals surface area contributed by atoms with Crippen LogP contribution in [0.5, 0.6) is 0 Å². The zero-order valence-electron chi connectivity index (χ0n) is 20.3. The van der Waals surface area contributed by atoms with Gasteiger partial charge in [-0.25, -0.2) is 10.0 Å². The van der Waals surface area contributed by atoms with E-state index in [9.17, 15) is 14.7 Å². The summed E-state index contributed by atoms with van der Waals surface area (Å²) in [5.74, 6) is -0.603. The van der Waals surface area contributed by atoms with E-state index in [1.165, 1.54) is 25.7 Å². The molecule has 3 N–H and O–H groups in total. The molecule has 0 unspecified atom stereocenters. The van der Waals surface area contributed by atoms with E-state index in [0.717, 1.165) is 51.4 Å². The molecular formula is C24H49N2O4+. The molecule has 6 heteroatoms. The van der Waals surface area contributed by atoms with Gasteiger partial charge in [0.05, 0.1) is 27.2 Å². The zero-order valence-corrected chi connectivity index (χ0v) is 20.3. The molecule has 178 valence electrons. The average Bonchev–Trinajstić information content (AvgIpc) is 2.65. The van der Waals surface area contributed by atoms with Gasteiger partial charge in [-0.05, 0) is 32.1 Å². The standard InChI is InChI=1S/C18H34O3.C6H14N2O/c1-2-3-4-11-14-17(19)15-12-9-7-5-6-8-10-13-16-18(20)21;1-5-6(9)7-8(2,3)4/h9,12,17,19H,2-8,10-11,13-16H2,1H3,(H,20,21);5H2,1-4H3/p+1/b12-9-;/t17-;/m1./s1. The van der Waals surface area contributed by atoms with Crippen molar-refractivity contribution in [1.82, 2.24) is 5.43 Å². The molecule has 30 heavy (non-hydrogen) atoms. The Kier molecular flexibility index (Phi) is 21.4. The van der Waals surface area contributed by atoms with E-state index < -0.39 is 5.97 Å².